The van der Waals surface area contributed by atoms with Crippen LogP contribution in [0.5, 0.6) is 0 Å². The molecule has 0 aromatic heterocycles. The van der Waals surface area contributed by atoms with Gasteiger partial charge in [-0.3, -0.25) is 4.79 Å². The standard InChI is InChI=1S/C20H23NO3S.U/c1-7-9-15-10-16(11-17(12-21)19(15)20(22)23-6)14(5)25-18(8-2)24-13(3)4;/h8,11,13H,1,5,7,9H2,2-4,6H3;/q-2;+2/b18-8-;. The van der Waals surface area contributed by atoms with Gasteiger partial charge in [0.1, 0.15) is 5.09 Å². The Bertz CT molecular complexity index is 721. The largest absolute Gasteiger partial charge is 2.00 e. The van der Waals surface area contributed by atoms with Crippen LogP contribution in [0.2, 0.25) is 0 Å². The van der Waals surface area contributed by atoms with E-state index in [1.807, 2.05) is 26.8 Å². The third kappa shape index (κ3) is 6.88. The molecular formula is C20H23NO3SU. The molecule has 0 aliphatic carbocycles. The molecule has 1 aromatic rings. The summed E-state index contributed by atoms with van der Waals surface area (Å²) >= 11 is 1.36. The van der Waals surface area contributed by atoms with E-state index in [2.05, 4.69) is 25.6 Å². The molecule has 6 heteroatoms. The minimum Gasteiger partial charge on any atom is -0.486 e. The predicted octanol–water partition coefficient (Wildman–Crippen LogP) is 4.90. The number of benzene rings is 1. The van der Waals surface area contributed by atoms with Gasteiger partial charge >= 0.3 is 31.1 Å². The van der Waals surface area contributed by atoms with Gasteiger partial charge in [-0.15, -0.1) is 41.6 Å². The Morgan fingerprint density at radius 1 is 1.54 bits per heavy atom. The average Bonchev–Trinajstić information content (AvgIpc) is 2.59. The van der Waals surface area contributed by atoms with Gasteiger partial charge in [0.25, 0.3) is 5.97 Å². The molecule has 0 unspecified atom stereocenters. The molecule has 0 saturated heterocycles. The van der Waals surface area contributed by atoms with Crippen molar-refractivity contribution < 1.29 is 45.4 Å². The van der Waals surface area contributed by atoms with Gasteiger partial charge < -0.3 is 16.4 Å². The smallest absolute Gasteiger partial charge is 0.486 e. The van der Waals surface area contributed by atoms with Crippen molar-refractivity contribution in [2.75, 3.05) is 7.11 Å². The van der Waals surface area contributed by atoms with Crippen molar-refractivity contribution in [2.24, 2.45) is 0 Å². The number of hydrogen-bond donors (Lipinski definition) is 0. The molecule has 136 valence electrons. The molecule has 1 aromatic carbocycles. The Morgan fingerprint density at radius 3 is 2.65 bits per heavy atom. The number of methoxy groups -OCH3 is 1. The zero-order valence-corrected chi connectivity index (χ0v) is 20.6. The summed E-state index contributed by atoms with van der Waals surface area (Å²) in [6.07, 6.45) is 3.00. The number of aryl methyl sites for hydroxylation is 1. The first-order valence-electron chi connectivity index (χ1n) is 7.94. The van der Waals surface area contributed by atoms with Crippen molar-refractivity contribution in [2.45, 2.75) is 39.7 Å². The molecule has 0 heterocycles. The first-order chi connectivity index (χ1) is 11.9. The quantitative estimate of drug-likeness (QED) is 0.243. The van der Waals surface area contributed by atoms with Crippen LogP contribution >= 0.6 is 11.8 Å². The number of carbonyl (C=O) groups excluding carboxylic acids is 1. The number of nitrogens with zero attached hydrogens (tertiary/aromatic N) is 1. The molecule has 0 atom stereocenters. The van der Waals surface area contributed by atoms with E-state index in [1.54, 1.807) is 6.07 Å². The average molecular weight is 596 g/mol. The van der Waals surface area contributed by atoms with Crippen LogP contribution in [-0.2, 0) is 15.9 Å². The maximum Gasteiger partial charge on any atom is 2.00 e. The molecule has 1 rings (SSSR count). The zero-order valence-electron chi connectivity index (χ0n) is 15.6. The number of rotatable bonds is 8. The van der Waals surface area contributed by atoms with Crippen LogP contribution in [0.4, 0.5) is 0 Å². The van der Waals surface area contributed by atoms with Crippen molar-refractivity contribution in [1.29, 1.82) is 5.26 Å². The summed E-state index contributed by atoms with van der Waals surface area (Å²) in [4.78, 5) is 12.7. The van der Waals surface area contributed by atoms with Crippen molar-refractivity contribution in [3.63, 3.8) is 0 Å². The molecule has 26 heavy (non-hydrogen) atoms. The van der Waals surface area contributed by atoms with E-state index in [-0.39, 0.29) is 48.3 Å². The predicted molar refractivity (Wildman–Crippen MR) is 102 cm³/mol. The second-order valence-corrected chi connectivity index (χ2v) is 6.56. The molecule has 0 amide bonds. The van der Waals surface area contributed by atoms with E-state index < -0.39 is 5.97 Å². The zero-order chi connectivity index (χ0) is 19.0. The molecule has 0 radical (unpaired) electrons. The Balaban J connectivity index is 0.00000625. The van der Waals surface area contributed by atoms with Crippen molar-refractivity contribution in [3.05, 3.63) is 59.1 Å². The van der Waals surface area contributed by atoms with Gasteiger partial charge in [0, 0.05) is 0 Å². The molecule has 0 saturated carbocycles. The second kappa shape index (κ2) is 12.3. The first-order valence-corrected chi connectivity index (χ1v) is 8.76. The van der Waals surface area contributed by atoms with Crippen molar-refractivity contribution in [3.8, 4) is 6.07 Å². The number of hydrogen-bond acceptors (Lipinski definition) is 5. The molecule has 0 aliphatic rings. The van der Waals surface area contributed by atoms with Crippen molar-refractivity contribution >= 4 is 22.6 Å². The Hall–Kier alpha value is -1.14. The van der Waals surface area contributed by atoms with E-state index in [0.29, 0.717) is 28.9 Å². The molecule has 0 aliphatic heterocycles. The second-order valence-electron chi connectivity index (χ2n) is 5.46. The van der Waals surface area contributed by atoms with Crippen molar-refractivity contribution in [1.82, 2.24) is 0 Å². The fourth-order valence-corrected chi connectivity index (χ4v) is 2.96. The monoisotopic (exact) mass is 595 g/mol. The Morgan fingerprint density at radius 2 is 2.19 bits per heavy atom. The molecule has 0 bridgehead atoms. The van der Waals surface area contributed by atoms with Crippen LogP contribution in [0.1, 0.15) is 54.2 Å². The fraction of sp³-hybridized carbons (Fsp3) is 0.350. The van der Waals surface area contributed by atoms with Gasteiger partial charge in [0.05, 0.1) is 19.3 Å². The number of carbonyl (C=O) groups is 1. The van der Waals surface area contributed by atoms with Crippen LogP contribution in [-0.4, -0.2) is 19.2 Å². The third-order valence-electron chi connectivity index (χ3n) is 3.19. The van der Waals surface area contributed by atoms with E-state index >= 15 is 0 Å². The summed E-state index contributed by atoms with van der Waals surface area (Å²) in [6.45, 7) is 13.7. The van der Waals surface area contributed by atoms with Gasteiger partial charge in [-0.1, -0.05) is 11.3 Å². The van der Waals surface area contributed by atoms with Gasteiger partial charge in [-0.2, -0.15) is 11.7 Å². The summed E-state index contributed by atoms with van der Waals surface area (Å²) in [5.74, 6) is -0.543. The summed E-state index contributed by atoms with van der Waals surface area (Å²) in [5, 5.41) is 10.2. The molecular weight excluding hydrogens is 572 g/mol. The summed E-state index contributed by atoms with van der Waals surface area (Å²) in [6, 6.07) is 6.87. The minimum atomic E-state index is -0.543. The van der Waals surface area contributed by atoms with Crippen LogP contribution < -0.4 is 0 Å². The number of ether oxygens (including phenoxy) is 2. The van der Waals surface area contributed by atoms with E-state index in [4.69, 9.17) is 9.47 Å². The number of allylic oxidation sites excluding steroid dienone is 1. The minimum absolute atomic E-state index is 0. The molecule has 0 fully saturated rings. The first kappa shape index (κ1) is 24.9. The number of esters is 1. The Labute approximate surface area is 184 Å². The molecule has 0 N–H and O–H groups in total. The Kier molecular flexibility index (Phi) is 11.7. The van der Waals surface area contributed by atoms with Crippen LogP contribution in [0.25, 0.3) is 4.91 Å². The van der Waals surface area contributed by atoms with E-state index in [0.717, 1.165) is 5.09 Å². The van der Waals surface area contributed by atoms with Crippen LogP contribution in [0.3, 0.4) is 0 Å². The van der Waals surface area contributed by atoms with Crippen LogP contribution in [0.15, 0.2) is 23.8 Å². The van der Waals surface area contributed by atoms with Gasteiger partial charge in [0.15, 0.2) is 0 Å². The SMILES string of the molecule is C=C(S/C(=C\C)OC(C)C)c1[c-]c(CC[CH2-])c(C(=O)OC)c(C#N)c1.[U+2]. The maximum absolute atomic E-state index is 12.0. The van der Waals surface area contributed by atoms with Gasteiger partial charge in [-0.05, 0) is 38.0 Å². The maximum atomic E-state index is 12.0. The summed E-state index contributed by atoms with van der Waals surface area (Å²) in [5.41, 5.74) is 1.77. The molecule has 4 nitrogen and oxygen atoms in total. The normalized spacial score (nSPS) is 10.7. The van der Waals surface area contributed by atoms with E-state index in [9.17, 15) is 10.1 Å². The van der Waals surface area contributed by atoms with E-state index in [1.165, 1.54) is 18.9 Å². The van der Waals surface area contributed by atoms with Gasteiger partial charge in [-0.25, -0.2) is 0 Å². The number of thioether (sulfide) groups is 1. The summed E-state index contributed by atoms with van der Waals surface area (Å²) < 4.78 is 10.5. The molecule has 0 spiro atoms. The van der Waals surface area contributed by atoms with Gasteiger partial charge in [0.2, 0.25) is 0 Å². The third-order valence-corrected chi connectivity index (χ3v) is 4.19. The topological polar surface area (TPSA) is 59.3 Å². The fourth-order valence-electron chi connectivity index (χ4n) is 2.14. The number of nitriles is 1. The summed E-state index contributed by atoms with van der Waals surface area (Å²) in [7, 11) is 1.29. The van der Waals surface area contributed by atoms with Crippen LogP contribution in [0, 0.1) is 55.4 Å².